The van der Waals surface area contributed by atoms with Crippen LogP contribution in [-0.2, 0) is 0 Å². The summed E-state index contributed by atoms with van der Waals surface area (Å²) in [5.74, 6) is 0.789. The molecule has 0 fully saturated rings. The van der Waals surface area contributed by atoms with Crippen molar-refractivity contribution in [3.63, 3.8) is 0 Å². The maximum absolute atomic E-state index is 12.4. The molecule has 0 aromatic carbocycles. The Kier molecular flexibility index (Phi) is 9.66. The lowest BCUT2D eigenvalue weighted by Gasteiger charge is -2.13. The second-order valence-electron chi connectivity index (χ2n) is 5.48. The van der Waals surface area contributed by atoms with E-state index in [0.717, 1.165) is 23.8 Å². The van der Waals surface area contributed by atoms with Gasteiger partial charge >= 0.3 is 0 Å². The summed E-state index contributed by atoms with van der Waals surface area (Å²) in [5.41, 5.74) is 2.61. The third-order valence-electron chi connectivity index (χ3n) is 3.68. The molecule has 0 bridgehead atoms. The number of nitrogens with zero attached hydrogens (tertiary/aromatic N) is 2. The molecule has 0 spiro atoms. The summed E-state index contributed by atoms with van der Waals surface area (Å²) in [4.78, 5) is 16.8. The van der Waals surface area contributed by atoms with Gasteiger partial charge in [0, 0.05) is 30.2 Å². The molecule has 1 atom stereocenters. The van der Waals surface area contributed by atoms with Gasteiger partial charge in [-0.05, 0) is 45.5 Å². The maximum Gasteiger partial charge on any atom is 0.253 e. The number of aryl methyl sites for hydroxylation is 1. The molecule has 0 saturated carbocycles. The Morgan fingerprint density at radius 3 is 2.58 bits per heavy atom. The Morgan fingerprint density at radius 2 is 2.00 bits per heavy atom. The number of hydrogen-bond acceptors (Lipinski definition) is 3. The van der Waals surface area contributed by atoms with E-state index < -0.39 is 0 Å². The molecular formula is C17H26Cl2N4O. The molecule has 0 aliphatic heterocycles. The van der Waals surface area contributed by atoms with Gasteiger partial charge in [-0.3, -0.25) is 4.79 Å². The average molecular weight is 373 g/mol. The van der Waals surface area contributed by atoms with E-state index in [0.29, 0.717) is 12.1 Å². The number of halogens is 2. The Bertz CT molecular complexity index is 644. The van der Waals surface area contributed by atoms with Crippen LogP contribution in [0.4, 0.5) is 0 Å². The molecule has 0 saturated heterocycles. The predicted molar refractivity (Wildman–Crippen MR) is 103 cm³/mol. The SMILES string of the molecule is CCN[C@H](C)CNC(=O)c1cc(C)n(-c2ccccn2)c1C.Cl.Cl. The van der Waals surface area contributed by atoms with Crippen LogP contribution in [0.5, 0.6) is 0 Å². The molecule has 134 valence electrons. The number of likely N-dealkylation sites (N-methyl/N-ethyl adjacent to an activating group) is 1. The molecule has 1 amide bonds. The van der Waals surface area contributed by atoms with Crippen molar-refractivity contribution in [2.24, 2.45) is 0 Å². The van der Waals surface area contributed by atoms with Crippen LogP contribution in [0.1, 0.15) is 35.6 Å². The molecule has 0 unspecified atom stereocenters. The number of carbonyl (C=O) groups is 1. The number of hydrogen-bond donors (Lipinski definition) is 2. The van der Waals surface area contributed by atoms with Crippen molar-refractivity contribution in [1.29, 1.82) is 0 Å². The third-order valence-corrected chi connectivity index (χ3v) is 3.68. The second kappa shape index (κ2) is 10.3. The van der Waals surface area contributed by atoms with Crippen LogP contribution in [-0.4, -0.2) is 34.6 Å². The van der Waals surface area contributed by atoms with Gasteiger partial charge in [0.15, 0.2) is 0 Å². The molecule has 2 heterocycles. The standard InChI is InChI=1S/C17H24N4O.2ClH/c1-5-18-12(2)11-20-17(22)15-10-13(3)21(14(15)4)16-8-6-7-9-19-16;;/h6-10,12,18H,5,11H2,1-4H3,(H,20,22);2*1H/t12-;;/m1../s1. The zero-order valence-corrected chi connectivity index (χ0v) is 16.1. The summed E-state index contributed by atoms with van der Waals surface area (Å²) >= 11 is 0. The third kappa shape index (κ3) is 5.23. The molecule has 0 radical (unpaired) electrons. The molecule has 24 heavy (non-hydrogen) atoms. The van der Waals surface area contributed by atoms with E-state index in [1.165, 1.54) is 0 Å². The van der Waals surface area contributed by atoms with Crippen molar-refractivity contribution in [2.45, 2.75) is 33.7 Å². The number of nitrogens with one attached hydrogen (secondary N) is 2. The minimum Gasteiger partial charge on any atom is -0.350 e. The normalized spacial score (nSPS) is 11.2. The van der Waals surface area contributed by atoms with Gasteiger partial charge in [-0.1, -0.05) is 13.0 Å². The highest BCUT2D eigenvalue weighted by atomic mass is 35.5. The van der Waals surface area contributed by atoms with Crippen molar-refractivity contribution in [3.8, 4) is 5.82 Å². The Morgan fingerprint density at radius 1 is 1.29 bits per heavy atom. The van der Waals surface area contributed by atoms with Gasteiger partial charge in [0.05, 0.1) is 5.56 Å². The molecule has 0 aliphatic carbocycles. The van der Waals surface area contributed by atoms with Crippen molar-refractivity contribution >= 4 is 30.7 Å². The highest BCUT2D eigenvalue weighted by molar-refractivity contribution is 5.95. The Balaban J connectivity index is 0.00000264. The van der Waals surface area contributed by atoms with Gasteiger partial charge in [-0.15, -0.1) is 24.8 Å². The molecule has 2 rings (SSSR count). The molecule has 2 aromatic rings. The molecule has 7 heteroatoms. The van der Waals surface area contributed by atoms with E-state index in [9.17, 15) is 4.79 Å². The van der Waals surface area contributed by atoms with Crippen molar-refractivity contribution in [3.05, 3.63) is 47.4 Å². The summed E-state index contributed by atoms with van der Waals surface area (Å²) in [6.07, 6.45) is 1.76. The van der Waals surface area contributed by atoms with E-state index in [1.54, 1.807) is 6.20 Å². The number of pyridine rings is 1. The summed E-state index contributed by atoms with van der Waals surface area (Å²) in [5, 5.41) is 6.26. The van der Waals surface area contributed by atoms with Gasteiger partial charge in [0.1, 0.15) is 5.82 Å². The second-order valence-corrected chi connectivity index (χ2v) is 5.48. The van der Waals surface area contributed by atoms with Gasteiger partial charge in [-0.2, -0.15) is 0 Å². The van der Waals surface area contributed by atoms with Crippen molar-refractivity contribution in [2.75, 3.05) is 13.1 Å². The highest BCUT2D eigenvalue weighted by Crippen LogP contribution is 2.19. The van der Waals surface area contributed by atoms with Crippen LogP contribution in [0.3, 0.4) is 0 Å². The van der Waals surface area contributed by atoms with Crippen LogP contribution in [0.15, 0.2) is 30.5 Å². The maximum atomic E-state index is 12.4. The lowest BCUT2D eigenvalue weighted by molar-refractivity contribution is 0.0949. The van der Waals surface area contributed by atoms with Crippen molar-refractivity contribution < 1.29 is 4.79 Å². The number of rotatable bonds is 6. The molecule has 2 aromatic heterocycles. The number of carbonyl (C=O) groups excluding carboxylic acids is 1. The quantitative estimate of drug-likeness (QED) is 0.818. The zero-order valence-electron chi connectivity index (χ0n) is 14.5. The van der Waals surface area contributed by atoms with E-state index in [1.807, 2.05) is 42.7 Å². The lowest BCUT2D eigenvalue weighted by Crippen LogP contribution is -2.38. The fourth-order valence-electron chi connectivity index (χ4n) is 2.59. The first-order valence-electron chi connectivity index (χ1n) is 7.66. The van der Waals surface area contributed by atoms with E-state index in [-0.39, 0.29) is 36.8 Å². The monoisotopic (exact) mass is 372 g/mol. The molecule has 0 aliphatic rings. The number of aromatic nitrogens is 2. The highest BCUT2D eigenvalue weighted by Gasteiger charge is 2.17. The molecule has 5 nitrogen and oxygen atoms in total. The first-order valence-corrected chi connectivity index (χ1v) is 7.66. The first kappa shape index (κ1) is 22.4. The van der Waals surface area contributed by atoms with Crippen LogP contribution in [0, 0.1) is 13.8 Å². The summed E-state index contributed by atoms with van der Waals surface area (Å²) < 4.78 is 2.00. The minimum atomic E-state index is -0.0416. The fraction of sp³-hybridized carbons (Fsp3) is 0.412. The van der Waals surface area contributed by atoms with Crippen LogP contribution < -0.4 is 10.6 Å². The predicted octanol–water partition coefficient (Wildman–Crippen LogP) is 3.06. The van der Waals surface area contributed by atoms with Crippen LogP contribution >= 0.6 is 24.8 Å². The zero-order chi connectivity index (χ0) is 16.1. The fourth-order valence-corrected chi connectivity index (χ4v) is 2.59. The lowest BCUT2D eigenvalue weighted by atomic mass is 10.2. The van der Waals surface area contributed by atoms with Gasteiger partial charge < -0.3 is 15.2 Å². The minimum absolute atomic E-state index is 0. The van der Waals surface area contributed by atoms with E-state index >= 15 is 0 Å². The van der Waals surface area contributed by atoms with Gasteiger partial charge in [0.2, 0.25) is 0 Å². The summed E-state index contributed by atoms with van der Waals surface area (Å²) in [7, 11) is 0. The average Bonchev–Trinajstić information content (AvgIpc) is 2.81. The first-order chi connectivity index (χ1) is 10.5. The van der Waals surface area contributed by atoms with Gasteiger partial charge in [0.25, 0.3) is 5.91 Å². The molecule has 2 N–H and O–H groups in total. The van der Waals surface area contributed by atoms with E-state index in [4.69, 9.17) is 0 Å². The van der Waals surface area contributed by atoms with Gasteiger partial charge in [-0.25, -0.2) is 4.98 Å². The van der Waals surface area contributed by atoms with Crippen molar-refractivity contribution in [1.82, 2.24) is 20.2 Å². The number of amides is 1. The van der Waals surface area contributed by atoms with Crippen LogP contribution in [0.25, 0.3) is 5.82 Å². The van der Waals surface area contributed by atoms with E-state index in [2.05, 4.69) is 29.5 Å². The summed E-state index contributed by atoms with van der Waals surface area (Å²) in [6.45, 7) is 9.55. The summed E-state index contributed by atoms with van der Waals surface area (Å²) in [6, 6.07) is 7.94. The molecular weight excluding hydrogens is 347 g/mol. The smallest absolute Gasteiger partial charge is 0.253 e. The Hall–Kier alpha value is -1.56. The topological polar surface area (TPSA) is 58.9 Å². The largest absolute Gasteiger partial charge is 0.350 e. The van der Waals surface area contributed by atoms with Crippen LogP contribution in [0.2, 0.25) is 0 Å². The Labute approximate surface area is 156 Å².